The fourth-order valence-corrected chi connectivity index (χ4v) is 0.985. The average Bonchev–Trinajstić information content (AvgIpc) is 1.62. The fourth-order valence-electron chi connectivity index (χ4n) is 0.211. The van der Waals surface area contributed by atoms with Crippen molar-refractivity contribution in [1.82, 2.24) is 5.48 Å². The van der Waals surface area contributed by atoms with Gasteiger partial charge in [-0.25, -0.2) is 12.0 Å². The summed E-state index contributed by atoms with van der Waals surface area (Å²) in [4.78, 5) is 30.2. The third-order valence-electron chi connectivity index (χ3n) is 0.462. The molecule has 0 atom stereocenters. The Morgan fingerprint density at radius 2 is 1.91 bits per heavy atom. The Morgan fingerprint density at radius 3 is 2.00 bits per heavy atom. The molecule has 5 nitrogen and oxygen atoms in total. The van der Waals surface area contributed by atoms with Gasteiger partial charge in [0.15, 0.2) is 0 Å². The molecular weight excluding hydrogens is 211 g/mol. The number of amides is 1. The van der Waals surface area contributed by atoms with E-state index in [1.807, 2.05) is 0 Å². The predicted octanol–water partition coefficient (Wildman–Crippen LogP) is -8.47. The number of hydrogen-bond donors (Lipinski definition) is 2. The second-order valence-electron chi connectivity index (χ2n) is 1.30. The molecule has 0 aromatic carbocycles. The molecule has 0 spiro atoms. The topological polar surface area (TPSA) is 95.5 Å². The van der Waals surface area contributed by atoms with Crippen LogP contribution in [0.25, 0.3) is 0 Å². The van der Waals surface area contributed by atoms with Crippen LogP contribution in [-0.4, -0.2) is 17.3 Å². The molecule has 0 aliphatic heterocycles. The van der Waals surface area contributed by atoms with Crippen molar-refractivity contribution in [3.8, 4) is 0 Å². The molecule has 0 saturated carbocycles. The Kier molecular flexibility index (Phi) is 14.6. The van der Waals surface area contributed by atoms with E-state index in [0.29, 0.717) is 0 Å². The Morgan fingerprint density at radius 1 is 1.55 bits per heavy atom. The second-order valence-corrected chi connectivity index (χ2v) is 4.51. The molecule has 0 aromatic rings. The van der Waals surface area contributed by atoms with Crippen LogP contribution in [-0.2, 0) is 16.6 Å². The summed E-state index contributed by atoms with van der Waals surface area (Å²) >= 11 is 3.86. The van der Waals surface area contributed by atoms with Gasteiger partial charge in [0.25, 0.3) is 0 Å². The summed E-state index contributed by atoms with van der Waals surface area (Å²) in [7, 11) is 0. The molecule has 0 unspecified atom stereocenters. The van der Waals surface area contributed by atoms with Crippen molar-refractivity contribution in [1.29, 1.82) is 0 Å². The van der Waals surface area contributed by atoms with Crippen LogP contribution in [0.15, 0.2) is 0 Å². The van der Waals surface area contributed by atoms with E-state index in [1.165, 1.54) is 0 Å². The van der Waals surface area contributed by atoms with Crippen molar-refractivity contribution in [2.24, 2.45) is 0 Å². The molecule has 0 saturated heterocycles. The summed E-state index contributed by atoms with van der Waals surface area (Å²) in [6, 6.07) is 0. The number of hydrogen-bond acceptors (Lipinski definition) is 5. The van der Waals surface area contributed by atoms with Gasteiger partial charge in [0.1, 0.15) is 0 Å². The molecule has 0 aliphatic rings. The molecular formula is C2H4NNa2O4PS. The van der Waals surface area contributed by atoms with E-state index >= 15 is 0 Å². The molecule has 0 fully saturated rings. The Bertz CT molecular complexity index is 160. The van der Waals surface area contributed by atoms with Crippen molar-refractivity contribution >= 4 is 24.2 Å². The molecule has 0 bridgehead atoms. The third kappa shape index (κ3) is 14.8. The van der Waals surface area contributed by atoms with Crippen molar-refractivity contribution in [2.45, 2.75) is 0 Å². The Balaban J connectivity index is -0.000000320. The van der Waals surface area contributed by atoms with Gasteiger partial charge in [0.05, 0.1) is 0 Å². The van der Waals surface area contributed by atoms with Crippen LogP contribution < -0.4 is 74.4 Å². The minimum absolute atomic E-state index is 0. The van der Waals surface area contributed by atoms with E-state index < -0.39 is 18.6 Å². The third-order valence-corrected chi connectivity index (χ3v) is 1.52. The van der Waals surface area contributed by atoms with E-state index in [1.54, 1.807) is 0 Å². The molecule has 2 N–H and O–H groups in total. The maximum absolute atomic E-state index is 10.1. The Labute approximate surface area is 113 Å². The summed E-state index contributed by atoms with van der Waals surface area (Å²) < 4.78 is 0. The first-order valence-electron chi connectivity index (χ1n) is 1.90. The SMILES string of the molecule is O=C(CP([O-])([O-])=S)NO.[Na+].[Na+]. The van der Waals surface area contributed by atoms with Crippen molar-refractivity contribution in [3.05, 3.63) is 0 Å². The van der Waals surface area contributed by atoms with E-state index in [9.17, 15) is 14.6 Å². The van der Waals surface area contributed by atoms with E-state index in [2.05, 4.69) is 11.8 Å². The predicted molar refractivity (Wildman–Crippen MR) is 29.1 cm³/mol. The van der Waals surface area contributed by atoms with Crippen LogP contribution in [0.5, 0.6) is 0 Å². The van der Waals surface area contributed by atoms with Gasteiger partial charge >= 0.3 is 59.1 Å². The van der Waals surface area contributed by atoms with Gasteiger partial charge in [-0.1, -0.05) is 0 Å². The molecule has 11 heavy (non-hydrogen) atoms. The zero-order valence-corrected chi connectivity index (χ0v) is 11.9. The quantitative estimate of drug-likeness (QED) is 0.206. The maximum atomic E-state index is 10.1. The molecule has 0 radical (unpaired) electrons. The number of nitrogens with one attached hydrogen (secondary N) is 1. The fraction of sp³-hybridized carbons (Fsp3) is 0.500. The van der Waals surface area contributed by atoms with Crippen LogP contribution in [0.4, 0.5) is 0 Å². The Hall–Kier alpha value is 2.00. The van der Waals surface area contributed by atoms with Gasteiger partial charge < -0.3 is 9.79 Å². The van der Waals surface area contributed by atoms with Crippen LogP contribution in [0.2, 0.25) is 0 Å². The molecule has 54 valence electrons. The van der Waals surface area contributed by atoms with Crippen molar-refractivity contribution < 1.29 is 78.9 Å². The number of carbonyl (C=O) groups is 1. The smallest absolute Gasteiger partial charge is 0.832 e. The average molecular weight is 215 g/mol. The first-order valence-corrected chi connectivity index (χ1v) is 4.72. The van der Waals surface area contributed by atoms with Crippen LogP contribution >= 0.6 is 6.49 Å². The first-order chi connectivity index (χ1) is 3.95. The van der Waals surface area contributed by atoms with E-state index in [-0.39, 0.29) is 59.1 Å². The first kappa shape index (κ1) is 18.7. The molecule has 9 heteroatoms. The standard InChI is InChI=1S/C2H6NO4PS.2Na/c4-2(3-5)1-8(6,7)9;;/h5H,1H2,(H,3,4)(H2,6,7,9);;/q;2*+1/p-2. The van der Waals surface area contributed by atoms with Crippen LogP contribution in [0.1, 0.15) is 0 Å². The number of hydroxylamine groups is 1. The van der Waals surface area contributed by atoms with Gasteiger partial charge in [-0.2, -0.15) is 0 Å². The summed E-state index contributed by atoms with van der Waals surface area (Å²) in [6.45, 7) is -3.98. The molecule has 1 amide bonds. The van der Waals surface area contributed by atoms with Crippen LogP contribution in [0, 0.1) is 0 Å². The van der Waals surface area contributed by atoms with Crippen LogP contribution in [0.3, 0.4) is 0 Å². The van der Waals surface area contributed by atoms with Gasteiger partial charge in [0.2, 0.25) is 5.91 Å². The molecule has 0 aromatic heterocycles. The summed E-state index contributed by atoms with van der Waals surface area (Å²) in [5.41, 5.74) is 1.14. The minimum Gasteiger partial charge on any atom is -0.832 e. The molecule has 0 rings (SSSR count). The maximum Gasteiger partial charge on any atom is 1.00 e. The van der Waals surface area contributed by atoms with Gasteiger partial charge in [-0.05, 0) is 0 Å². The number of rotatable bonds is 2. The van der Waals surface area contributed by atoms with E-state index in [0.717, 1.165) is 5.48 Å². The monoisotopic (exact) mass is 215 g/mol. The minimum atomic E-state index is -3.98. The summed E-state index contributed by atoms with van der Waals surface area (Å²) in [6.07, 6.45) is -0.834. The van der Waals surface area contributed by atoms with Gasteiger partial charge in [-0.15, -0.1) is 11.8 Å². The largest absolute Gasteiger partial charge is 1.00 e. The van der Waals surface area contributed by atoms with Crippen molar-refractivity contribution in [2.75, 3.05) is 6.16 Å². The molecule has 0 heterocycles. The summed E-state index contributed by atoms with van der Waals surface area (Å²) in [5, 5.41) is 7.79. The normalized spacial score (nSPS) is 9.00. The van der Waals surface area contributed by atoms with E-state index in [4.69, 9.17) is 5.21 Å². The second kappa shape index (κ2) is 8.59. The van der Waals surface area contributed by atoms with Gasteiger partial charge in [0, 0.05) is 6.16 Å². The summed E-state index contributed by atoms with van der Waals surface area (Å²) in [5.74, 6) is -1.01. The number of carbonyl (C=O) groups excluding carboxylic acids is 1. The zero-order chi connectivity index (χ0) is 7.49. The molecule has 0 aliphatic carbocycles. The van der Waals surface area contributed by atoms with Gasteiger partial charge in [-0.3, -0.25) is 10.0 Å². The zero-order valence-electron chi connectivity index (χ0n) is 6.23. The van der Waals surface area contributed by atoms with Crippen molar-refractivity contribution in [3.63, 3.8) is 0 Å².